The molecule has 0 aliphatic carbocycles. The molecule has 1 aromatic carbocycles. The van der Waals surface area contributed by atoms with E-state index >= 15 is 0 Å². The van der Waals surface area contributed by atoms with E-state index in [-0.39, 0.29) is 17.5 Å². The van der Waals surface area contributed by atoms with E-state index < -0.39 is 6.03 Å². The summed E-state index contributed by atoms with van der Waals surface area (Å²) < 4.78 is 0. The van der Waals surface area contributed by atoms with Crippen LogP contribution in [0.4, 0.5) is 10.5 Å². The standard InChI is InChI=1S/C9H6Cl2N2O2/c10-5-2-1-3-6(8(5)11)13-7(14)4-12-9(13)15/h1-3H,4H2,(H,12,15). The maximum atomic E-state index is 11.4. The number of hydrogen-bond donors (Lipinski definition) is 1. The zero-order valence-electron chi connectivity index (χ0n) is 7.46. The Bertz CT molecular complexity index is 432. The maximum absolute atomic E-state index is 11.4. The van der Waals surface area contributed by atoms with Gasteiger partial charge in [-0.1, -0.05) is 29.3 Å². The van der Waals surface area contributed by atoms with Gasteiger partial charge in [-0.25, -0.2) is 9.69 Å². The first-order chi connectivity index (χ1) is 7.11. The molecule has 0 spiro atoms. The molecule has 1 heterocycles. The molecule has 0 saturated carbocycles. The molecule has 4 nitrogen and oxygen atoms in total. The van der Waals surface area contributed by atoms with Gasteiger partial charge in [0.15, 0.2) is 0 Å². The summed E-state index contributed by atoms with van der Waals surface area (Å²) in [6.07, 6.45) is 0. The number of hydrogen-bond acceptors (Lipinski definition) is 2. The first-order valence-electron chi connectivity index (χ1n) is 4.16. The lowest BCUT2D eigenvalue weighted by Crippen LogP contribution is -2.30. The van der Waals surface area contributed by atoms with Crippen LogP contribution in [0.25, 0.3) is 0 Å². The van der Waals surface area contributed by atoms with Crippen molar-refractivity contribution in [3.63, 3.8) is 0 Å². The van der Waals surface area contributed by atoms with Crippen molar-refractivity contribution in [2.24, 2.45) is 0 Å². The van der Waals surface area contributed by atoms with Crippen molar-refractivity contribution in [1.29, 1.82) is 0 Å². The maximum Gasteiger partial charge on any atom is 0.329 e. The van der Waals surface area contributed by atoms with Gasteiger partial charge in [0.05, 0.1) is 22.3 Å². The molecule has 0 aromatic heterocycles. The molecule has 0 bridgehead atoms. The molecule has 3 amide bonds. The molecule has 1 saturated heterocycles. The third-order valence-electron chi connectivity index (χ3n) is 2.02. The van der Waals surface area contributed by atoms with Crippen molar-refractivity contribution in [2.75, 3.05) is 11.4 Å². The van der Waals surface area contributed by atoms with Gasteiger partial charge in [-0.2, -0.15) is 0 Å². The largest absolute Gasteiger partial charge is 0.329 e. The summed E-state index contributed by atoms with van der Waals surface area (Å²) in [7, 11) is 0. The molecule has 2 rings (SSSR count). The molecule has 1 aliphatic heterocycles. The van der Waals surface area contributed by atoms with Crippen LogP contribution in [0.3, 0.4) is 0 Å². The molecular formula is C9H6Cl2N2O2. The first-order valence-corrected chi connectivity index (χ1v) is 4.91. The number of benzene rings is 1. The average Bonchev–Trinajstić information content (AvgIpc) is 2.52. The van der Waals surface area contributed by atoms with Crippen LogP contribution in [-0.4, -0.2) is 18.5 Å². The van der Waals surface area contributed by atoms with Gasteiger partial charge < -0.3 is 5.32 Å². The molecule has 15 heavy (non-hydrogen) atoms. The Kier molecular flexibility index (Phi) is 2.54. The number of carbonyl (C=O) groups excluding carboxylic acids is 2. The highest BCUT2D eigenvalue weighted by Crippen LogP contribution is 2.33. The lowest BCUT2D eigenvalue weighted by molar-refractivity contribution is -0.115. The van der Waals surface area contributed by atoms with Crippen LogP contribution in [0.1, 0.15) is 0 Å². The topological polar surface area (TPSA) is 49.4 Å². The average molecular weight is 245 g/mol. The number of nitrogens with zero attached hydrogens (tertiary/aromatic N) is 1. The van der Waals surface area contributed by atoms with Gasteiger partial charge in [-0.15, -0.1) is 0 Å². The molecule has 0 unspecified atom stereocenters. The predicted molar refractivity (Wildman–Crippen MR) is 57.3 cm³/mol. The quantitative estimate of drug-likeness (QED) is 0.769. The Balaban J connectivity index is 2.49. The summed E-state index contributed by atoms with van der Waals surface area (Å²) in [5.41, 5.74) is 0.309. The highest BCUT2D eigenvalue weighted by molar-refractivity contribution is 6.44. The minimum Gasteiger partial charge on any atom is -0.328 e. The zero-order valence-corrected chi connectivity index (χ0v) is 8.97. The van der Waals surface area contributed by atoms with Gasteiger partial charge >= 0.3 is 6.03 Å². The summed E-state index contributed by atoms with van der Waals surface area (Å²) in [6.45, 7) is -0.0122. The first kappa shape index (κ1) is 10.3. The minimum absolute atomic E-state index is 0.0122. The van der Waals surface area contributed by atoms with E-state index in [1.807, 2.05) is 0 Å². The van der Waals surface area contributed by atoms with Gasteiger partial charge in [0, 0.05) is 0 Å². The van der Waals surface area contributed by atoms with Crippen molar-refractivity contribution in [3.8, 4) is 0 Å². The van der Waals surface area contributed by atoms with Gasteiger partial charge in [0.1, 0.15) is 0 Å². The van der Waals surface area contributed by atoms with Crippen LogP contribution < -0.4 is 10.2 Å². The van der Waals surface area contributed by atoms with Crippen molar-refractivity contribution in [2.45, 2.75) is 0 Å². The summed E-state index contributed by atoms with van der Waals surface area (Å²) in [4.78, 5) is 23.7. The Labute approximate surface area is 95.8 Å². The van der Waals surface area contributed by atoms with E-state index in [9.17, 15) is 9.59 Å². The monoisotopic (exact) mass is 244 g/mol. The molecule has 1 N–H and O–H groups in total. The number of amides is 3. The van der Waals surface area contributed by atoms with Crippen LogP contribution in [0.2, 0.25) is 10.0 Å². The highest BCUT2D eigenvalue weighted by Gasteiger charge is 2.31. The second-order valence-electron chi connectivity index (χ2n) is 2.96. The van der Waals surface area contributed by atoms with Gasteiger partial charge in [0.25, 0.3) is 5.91 Å². The van der Waals surface area contributed by atoms with E-state index in [0.29, 0.717) is 10.7 Å². The summed E-state index contributed by atoms with van der Waals surface area (Å²) >= 11 is 11.7. The third-order valence-corrected chi connectivity index (χ3v) is 2.82. The Hall–Kier alpha value is -1.26. The fourth-order valence-corrected chi connectivity index (χ4v) is 1.71. The summed E-state index contributed by atoms with van der Waals surface area (Å²) in [5.74, 6) is -0.343. The lowest BCUT2D eigenvalue weighted by Gasteiger charge is -2.14. The molecular weight excluding hydrogens is 239 g/mol. The van der Waals surface area contributed by atoms with Crippen molar-refractivity contribution in [1.82, 2.24) is 5.32 Å². The van der Waals surface area contributed by atoms with Crippen LogP contribution in [0, 0.1) is 0 Å². The number of rotatable bonds is 1. The highest BCUT2D eigenvalue weighted by atomic mass is 35.5. The Morgan fingerprint density at radius 2 is 2.00 bits per heavy atom. The second kappa shape index (κ2) is 3.72. The predicted octanol–water partition coefficient (Wildman–Crippen LogP) is 2.05. The molecule has 1 aromatic rings. The Morgan fingerprint density at radius 3 is 2.60 bits per heavy atom. The third kappa shape index (κ3) is 1.66. The number of carbonyl (C=O) groups is 2. The zero-order chi connectivity index (χ0) is 11.0. The SMILES string of the molecule is O=C1CNC(=O)N1c1cccc(Cl)c1Cl. The van der Waals surface area contributed by atoms with Crippen molar-refractivity contribution < 1.29 is 9.59 Å². The van der Waals surface area contributed by atoms with E-state index in [2.05, 4.69) is 5.32 Å². The van der Waals surface area contributed by atoms with E-state index in [1.165, 1.54) is 0 Å². The normalized spacial score (nSPS) is 15.7. The summed E-state index contributed by atoms with van der Waals surface area (Å²) in [6, 6.07) is 4.30. The number of imide groups is 1. The Morgan fingerprint density at radius 1 is 1.27 bits per heavy atom. The van der Waals surface area contributed by atoms with Crippen LogP contribution >= 0.6 is 23.2 Å². The molecule has 1 aliphatic rings. The van der Waals surface area contributed by atoms with Crippen LogP contribution in [0.5, 0.6) is 0 Å². The lowest BCUT2D eigenvalue weighted by atomic mass is 10.3. The number of urea groups is 1. The summed E-state index contributed by atoms with van der Waals surface area (Å²) in [5, 5.41) is 2.91. The fourth-order valence-electron chi connectivity index (χ4n) is 1.33. The van der Waals surface area contributed by atoms with Gasteiger partial charge in [-0.3, -0.25) is 4.79 Å². The molecule has 0 atom stereocenters. The van der Waals surface area contributed by atoms with Crippen LogP contribution in [0.15, 0.2) is 18.2 Å². The number of halogens is 2. The smallest absolute Gasteiger partial charge is 0.328 e. The molecule has 0 radical (unpaired) electrons. The van der Waals surface area contributed by atoms with Crippen LogP contribution in [-0.2, 0) is 4.79 Å². The number of anilines is 1. The molecule has 1 fully saturated rings. The second-order valence-corrected chi connectivity index (χ2v) is 3.75. The minimum atomic E-state index is -0.482. The van der Waals surface area contributed by atoms with E-state index in [1.54, 1.807) is 18.2 Å². The number of nitrogens with one attached hydrogen (secondary N) is 1. The molecule has 6 heteroatoms. The fraction of sp³-hybridized carbons (Fsp3) is 0.111. The molecule has 78 valence electrons. The van der Waals surface area contributed by atoms with Crippen molar-refractivity contribution >= 4 is 40.8 Å². The van der Waals surface area contributed by atoms with Crippen molar-refractivity contribution in [3.05, 3.63) is 28.2 Å². The van der Waals surface area contributed by atoms with Gasteiger partial charge in [-0.05, 0) is 12.1 Å². The van der Waals surface area contributed by atoms with E-state index in [0.717, 1.165) is 4.90 Å². The van der Waals surface area contributed by atoms with E-state index in [4.69, 9.17) is 23.2 Å². The van der Waals surface area contributed by atoms with Gasteiger partial charge in [0.2, 0.25) is 0 Å².